The number of fused-ring (bicyclic) bond motifs is 6. The van der Waals surface area contributed by atoms with Crippen LogP contribution >= 0.6 is 0 Å². The topological polar surface area (TPSA) is 92.5 Å². The van der Waals surface area contributed by atoms with E-state index in [2.05, 4.69) is 25.8 Å². The number of likely N-dealkylation sites (tertiary alicyclic amines) is 1. The van der Waals surface area contributed by atoms with Gasteiger partial charge >= 0.3 is 0 Å². The van der Waals surface area contributed by atoms with E-state index in [0.717, 1.165) is 42.5 Å². The van der Waals surface area contributed by atoms with E-state index in [9.17, 15) is 4.39 Å². The van der Waals surface area contributed by atoms with E-state index in [1.54, 1.807) is 6.20 Å². The first-order valence-corrected chi connectivity index (χ1v) is 12.7. The molecule has 2 atom stereocenters. The minimum atomic E-state index is -0.341. The van der Waals surface area contributed by atoms with E-state index in [0.29, 0.717) is 78.0 Å². The van der Waals surface area contributed by atoms with Gasteiger partial charge in [0, 0.05) is 61.1 Å². The average Bonchev–Trinajstić information content (AvgIpc) is 3.72. The fourth-order valence-electron chi connectivity index (χ4n) is 5.98. The van der Waals surface area contributed by atoms with Gasteiger partial charge < -0.3 is 23.8 Å². The van der Waals surface area contributed by atoms with Gasteiger partial charge in [0.1, 0.15) is 11.3 Å². The number of hydrogen-bond donors (Lipinski definition) is 1. The van der Waals surface area contributed by atoms with E-state index in [4.69, 9.17) is 23.9 Å². The molecular weight excluding hydrogens is 475 g/mol. The number of morpholine rings is 2. The molecule has 9 nitrogen and oxygen atoms in total. The molecule has 5 aromatic rings. The molecule has 0 unspecified atom stereocenters. The van der Waals surface area contributed by atoms with Crippen molar-refractivity contribution in [2.45, 2.75) is 25.1 Å². The Morgan fingerprint density at radius 2 is 2.03 bits per heavy atom. The number of nitrogens with zero attached hydrogens (tertiary/aromatic N) is 5. The number of halogens is 1. The van der Waals surface area contributed by atoms with Crippen LogP contribution in [0.3, 0.4) is 0 Å². The third-order valence-corrected chi connectivity index (χ3v) is 7.79. The van der Waals surface area contributed by atoms with Gasteiger partial charge in [-0.3, -0.25) is 4.90 Å². The quantitative estimate of drug-likeness (QED) is 0.398. The number of aromatic nitrogens is 4. The van der Waals surface area contributed by atoms with Crippen molar-refractivity contribution in [1.82, 2.24) is 24.8 Å². The van der Waals surface area contributed by atoms with Crippen LogP contribution in [0.15, 0.2) is 41.1 Å². The Morgan fingerprint density at radius 1 is 1.11 bits per heavy atom. The molecule has 37 heavy (non-hydrogen) atoms. The summed E-state index contributed by atoms with van der Waals surface area (Å²) in [7, 11) is 0. The predicted octanol–water partition coefficient (Wildman–Crippen LogP) is 3.87. The molecule has 10 heteroatoms. The first-order chi connectivity index (χ1) is 18.2. The van der Waals surface area contributed by atoms with Crippen molar-refractivity contribution in [1.29, 1.82) is 0 Å². The molecule has 0 amide bonds. The zero-order valence-electron chi connectivity index (χ0n) is 20.1. The second-order valence-electron chi connectivity index (χ2n) is 10.1. The fourth-order valence-corrected chi connectivity index (χ4v) is 5.98. The maximum atomic E-state index is 14.6. The number of pyridine rings is 1. The SMILES string of the molecule is Fc1cc(-c2nc(N3CCOCC3)c3oc4ncc(CN5C[C@@H]6C[C@H]5CO6)cc4c3n2)c2cc[nH]c2c1. The first-order valence-electron chi connectivity index (χ1n) is 12.7. The van der Waals surface area contributed by atoms with Crippen LogP contribution < -0.4 is 4.90 Å². The number of furan rings is 1. The number of anilines is 1. The highest BCUT2D eigenvalue weighted by atomic mass is 19.1. The minimum absolute atomic E-state index is 0.341. The summed E-state index contributed by atoms with van der Waals surface area (Å²) in [5, 5.41) is 1.71. The lowest BCUT2D eigenvalue weighted by Gasteiger charge is -2.27. The summed E-state index contributed by atoms with van der Waals surface area (Å²) in [6.45, 7) is 5.14. The predicted molar refractivity (Wildman–Crippen MR) is 136 cm³/mol. The number of benzene rings is 1. The van der Waals surface area contributed by atoms with Crippen LogP contribution in [0.25, 0.3) is 44.5 Å². The van der Waals surface area contributed by atoms with Crippen LogP contribution in [0.2, 0.25) is 0 Å². The van der Waals surface area contributed by atoms with Gasteiger partial charge in [0.15, 0.2) is 17.2 Å². The minimum Gasteiger partial charge on any atom is -0.432 e. The van der Waals surface area contributed by atoms with Crippen molar-refractivity contribution in [3.63, 3.8) is 0 Å². The van der Waals surface area contributed by atoms with Gasteiger partial charge in [-0.15, -0.1) is 0 Å². The van der Waals surface area contributed by atoms with E-state index in [1.165, 1.54) is 12.1 Å². The molecule has 1 aromatic carbocycles. The molecule has 0 spiro atoms. The average molecular weight is 501 g/mol. The van der Waals surface area contributed by atoms with E-state index >= 15 is 0 Å². The summed E-state index contributed by atoms with van der Waals surface area (Å²) in [5.41, 5.74) is 4.26. The van der Waals surface area contributed by atoms with E-state index in [1.807, 2.05) is 12.3 Å². The lowest BCUT2D eigenvalue weighted by Crippen LogP contribution is -2.37. The third kappa shape index (κ3) is 3.51. The first kappa shape index (κ1) is 21.5. The second kappa shape index (κ2) is 8.20. The monoisotopic (exact) mass is 500 g/mol. The molecule has 8 rings (SSSR count). The highest BCUT2D eigenvalue weighted by Gasteiger charge is 2.38. The van der Waals surface area contributed by atoms with Gasteiger partial charge in [-0.25, -0.2) is 19.3 Å². The number of nitrogens with one attached hydrogen (secondary N) is 1. The van der Waals surface area contributed by atoms with Gasteiger partial charge in [-0.2, -0.15) is 0 Å². The number of rotatable bonds is 4. The molecule has 7 heterocycles. The molecule has 0 radical (unpaired) electrons. The molecule has 0 saturated carbocycles. The molecule has 188 valence electrons. The van der Waals surface area contributed by atoms with Crippen LogP contribution in [-0.4, -0.2) is 76.4 Å². The van der Waals surface area contributed by atoms with Crippen LogP contribution in [0.4, 0.5) is 10.2 Å². The maximum absolute atomic E-state index is 14.6. The van der Waals surface area contributed by atoms with E-state index in [-0.39, 0.29) is 5.82 Å². The standard InChI is InChI=1S/C27H25FN6O3/c28-16-8-20(19-1-2-29-22(19)9-16)25-31-23-21-7-15(12-34-13-18-10-17(34)14-36-18)11-30-27(21)37-24(23)26(32-25)33-3-5-35-6-4-33/h1-2,7-9,11,17-18,29H,3-6,10,12-14H2/t17-,18-/m0/s1. The summed E-state index contributed by atoms with van der Waals surface area (Å²) in [4.78, 5) is 22.3. The van der Waals surface area contributed by atoms with E-state index < -0.39 is 0 Å². The van der Waals surface area contributed by atoms with Gasteiger partial charge in [-0.1, -0.05) is 0 Å². The van der Waals surface area contributed by atoms with Crippen molar-refractivity contribution >= 4 is 38.9 Å². The molecule has 3 aliphatic rings. The second-order valence-corrected chi connectivity index (χ2v) is 10.1. The number of hydrogen-bond acceptors (Lipinski definition) is 8. The molecule has 3 saturated heterocycles. The number of ether oxygens (including phenoxy) is 2. The lowest BCUT2D eigenvalue weighted by atomic mass is 10.1. The Labute approximate surface area is 211 Å². The molecular formula is C27H25FN6O3. The summed E-state index contributed by atoms with van der Waals surface area (Å²) in [6, 6.07) is 7.50. The Balaban J connectivity index is 1.30. The van der Waals surface area contributed by atoms with Crippen LogP contribution in [-0.2, 0) is 16.0 Å². The lowest BCUT2D eigenvalue weighted by molar-refractivity contribution is 0.0273. The molecule has 3 aliphatic heterocycles. The normalized spacial score (nSPS) is 22.2. The zero-order valence-corrected chi connectivity index (χ0v) is 20.1. The highest BCUT2D eigenvalue weighted by molar-refractivity contribution is 6.06. The number of H-pyrrole nitrogens is 1. The molecule has 2 bridgehead atoms. The summed E-state index contributed by atoms with van der Waals surface area (Å²) in [6.07, 6.45) is 5.13. The Morgan fingerprint density at radius 3 is 2.86 bits per heavy atom. The van der Waals surface area contributed by atoms with Gasteiger partial charge in [0.25, 0.3) is 0 Å². The van der Waals surface area contributed by atoms with Crippen molar-refractivity contribution in [2.24, 2.45) is 0 Å². The van der Waals surface area contributed by atoms with Gasteiger partial charge in [0.2, 0.25) is 5.71 Å². The smallest absolute Gasteiger partial charge is 0.229 e. The highest BCUT2D eigenvalue weighted by Crippen LogP contribution is 2.37. The maximum Gasteiger partial charge on any atom is 0.229 e. The van der Waals surface area contributed by atoms with Crippen molar-refractivity contribution < 1.29 is 18.3 Å². The van der Waals surface area contributed by atoms with Crippen molar-refractivity contribution in [3.8, 4) is 11.4 Å². The Hall–Kier alpha value is -3.60. The number of aromatic amines is 1. The van der Waals surface area contributed by atoms with Crippen LogP contribution in [0.1, 0.15) is 12.0 Å². The molecule has 4 aromatic heterocycles. The summed E-state index contributed by atoms with van der Waals surface area (Å²) < 4.78 is 32.2. The Kier molecular flexibility index (Phi) is 4.76. The molecule has 3 fully saturated rings. The fraction of sp³-hybridized carbons (Fsp3) is 0.370. The van der Waals surface area contributed by atoms with Crippen molar-refractivity contribution in [2.75, 3.05) is 44.4 Å². The molecule has 1 N–H and O–H groups in total. The largest absolute Gasteiger partial charge is 0.432 e. The summed E-state index contributed by atoms with van der Waals surface area (Å²) >= 11 is 0. The van der Waals surface area contributed by atoms with Crippen LogP contribution in [0.5, 0.6) is 0 Å². The van der Waals surface area contributed by atoms with Crippen molar-refractivity contribution in [3.05, 3.63) is 48.0 Å². The van der Waals surface area contributed by atoms with Gasteiger partial charge in [-0.05, 0) is 36.2 Å². The molecule has 0 aliphatic carbocycles. The Bertz CT molecular complexity index is 1660. The summed E-state index contributed by atoms with van der Waals surface area (Å²) in [5.74, 6) is 0.802. The van der Waals surface area contributed by atoms with Crippen LogP contribution in [0, 0.1) is 5.82 Å². The third-order valence-electron chi connectivity index (χ3n) is 7.79. The van der Waals surface area contributed by atoms with Gasteiger partial charge in [0.05, 0.1) is 31.3 Å². The zero-order chi connectivity index (χ0) is 24.5.